The number of alkyl halides is 3. The van der Waals surface area contributed by atoms with Crippen molar-refractivity contribution in [2.45, 2.75) is 122 Å². The summed E-state index contributed by atoms with van der Waals surface area (Å²) in [5.74, 6) is 0.228. The number of benzene rings is 1. The lowest BCUT2D eigenvalue weighted by atomic mass is 10.2. The molecule has 216 valence electrons. The van der Waals surface area contributed by atoms with Crippen LogP contribution in [0.25, 0.3) is 0 Å². The summed E-state index contributed by atoms with van der Waals surface area (Å²) in [6, 6.07) is 3.03. The molecule has 5 nitrogen and oxygen atoms in total. The minimum atomic E-state index is -5.92. The largest absolute Gasteiger partial charge is 0.543 e. The smallest absolute Gasteiger partial charge is 0.534 e. The fraction of sp³-hybridized carbons (Fsp3) is 0.760. The molecular formula is C25H47F3O5SSi3. The average molecular weight is 601 g/mol. The Morgan fingerprint density at radius 3 is 1.38 bits per heavy atom. The Morgan fingerprint density at radius 1 is 0.649 bits per heavy atom. The quantitative estimate of drug-likeness (QED) is 0.179. The normalized spacial score (nSPS) is 15.0. The lowest BCUT2D eigenvalue weighted by Gasteiger charge is -2.43. The van der Waals surface area contributed by atoms with Crippen molar-refractivity contribution in [3.8, 4) is 17.2 Å². The van der Waals surface area contributed by atoms with Crippen LogP contribution in [-0.4, -0.2) is 38.6 Å². The Morgan fingerprint density at radius 2 is 1.03 bits per heavy atom. The molecule has 0 aliphatic heterocycles. The van der Waals surface area contributed by atoms with E-state index >= 15 is 0 Å². The van der Waals surface area contributed by atoms with Crippen LogP contribution in [0.1, 0.15) is 62.3 Å². The molecule has 0 saturated heterocycles. The molecule has 0 bridgehead atoms. The van der Waals surface area contributed by atoms with E-state index in [2.05, 4.69) is 20.8 Å². The molecule has 0 aromatic heterocycles. The van der Waals surface area contributed by atoms with Crippen LogP contribution in [0, 0.1) is 0 Å². The Hall–Kier alpha value is -0.989. The van der Waals surface area contributed by atoms with E-state index in [0.717, 1.165) is 0 Å². The molecule has 0 unspecified atom stereocenters. The lowest BCUT2D eigenvalue weighted by Crippen LogP contribution is -2.53. The van der Waals surface area contributed by atoms with E-state index in [9.17, 15) is 21.6 Å². The maximum atomic E-state index is 13.5. The summed E-state index contributed by atoms with van der Waals surface area (Å²) in [4.78, 5) is 0. The van der Waals surface area contributed by atoms with Crippen LogP contribution < -0.4 is 18.2 Å². The minimum absolute atomic E-state index is 0.204. The van der Waals surface area contributed by atoms with E-state index in [0.29, 0.717) is 10.9 Å². The Bertz CT molecular complexity index is 1090. The molecule has 0 spiro atoms. The summed E-state index contributed by atoms with van der Waals surface area (Å²) in [5.41, 5.74) is -5.57. The molecule has 0 amide bonds. The van der Waals surface area contributed by atoms with Gasteiger partial charge in [-0.2, -0.15) is 21.6 Å². The van der Waals surface area contributed by atoms with E-state index in [1.807, 2.05) is 80.8 Å². The van der Waals surface area contributed by atoms with Crippen LogP contribution in [0.15, 0.2) is 12.1 Å². The van der Waals surface area contributed by atoms with E-state index in [-0.39, 0.29) is 26.6 Å². The van der Waals surface area contributed by atoms with Crippen molar-refractivity contribution in [1.29, 1.82) is 0 Å². The van der Waals surface area contributed by atoms with Gasteiger partial charge in [0.15, 0.2) is 0 Å². The zero-order valence-electron chi connectivity index (χ0n) is 25.2. The van der Waals surface area contributed by atoms with Crippen LogP contribution in [-0.2, 0) is 10.1 Å². The van der Waals surface area contributed by atoms with Gasteiger partial charge >= 0.3 is 15.6 Å². The predicted octanol–water partition coefficient (Wildman–Crippen LogP) is 8.40. The fourth-order valence-electron chi connectivity index (χ4n) is 2.80. The van der Waals surface area contributed by atoms with Gasteiger partial charge in [-0.15, -0.1) is 0 Å². The summed E-state index contributed by atoms with van der Waals surface area (Å²) in [6.45, 7) is 30.4. The van der Waals surface area contributed by atoms with Gasteiger partial charge in [-0.1, -0.05) is 75.4 Å². The highest BCUT2D eigenvalue weighted by Crippen LogP contribution is 2.46. The van der Waals surface area contributed by atoms with E-state index in [4.69, 9.17) is 13.0 Å². The maximum Gasteiger partial charge on any atom is 0.534 e. The Kier molecular flexibility index (Phi) is 9.09. The SMILES string of the molecule is CC(C)(C)[Si](C)(C)Oc1cc(O[Si](C)(C)C(C)(C)C)c([Si](C)(C)C(C)(C)C)c(OS(=O)(=O)C(F)(F)F)c1. The van der Waals surface area contributed by atoms with Crippen molar-refractivity contribution in [2.24, 2.45) is 0 Å². The summed E-state index contributed by atoms with van der Waals surface area (Å²) in [7, 11) is -13.6. The van der Waals surface area contributed by atoms with Gasteiger partial charge in [-0.05, 0) is 41.3 Å². The first-order chi connectivity index (χ1) is 15.9. The molecule has 1 aromatic carbocycles. The highest BCUT2D eigenvalue weighted by Gasteiger charge is 2.51. The minimum Gasteiger partial charge on any atom is -0.543 e. The van der Waals surface area contributed by atoms with Crippen LogP contribution in [0.5, 0.6) is 17.2 Å². The molecule has 0 fully saturated rings. The number of rotatable bonds is 7. The molecule has 0 N–H and O–H groups in total. The monoisotopic (exact) mass is 600 g/mol. The summed E-state index contributed by atoms with van der Waals surface area (Å²) in [5, 5.41) is -0.377. The average Bonchev–Trinajstić information content (AvgIpc) is 2.55. The summed E-state index contributed by atoms with van der Waals surface area (Å²) >= 11 is 0. The Balaban J connectivity index is 4.18. The first-order valence-electron chi connectivity index (χ1n) is 12.4. The van der Waals surface area contributed by atoms with E-state index in [1.54, 1.807) is 6.07 Å². The van der Waals surface area contributed by atoms with Crippen molar-refractivity contribution in [2.75, 3.05) is 0 Å². The van der Waals surface area contributed by atoms with Gasteiger partial charge < -0.3 is 13.0 Å². The number of hydrogen-bond donors (Lipinski definition) is 0. The second kappa shape index (κ2) is 9.88. The molecule has 0 heterocycles. The zero-order chi connectivity index (χ0) is 29.8. The third-order valence-corrected chi connectivity index (χ3v) is 23.5. The number of halogens is 3. The molecule has 0 aliphatic rings. The molecule has 1 rings (SSSR count). The second-order valence-electron chi connectivity index (χ2n) is 14.4. The summed E-state index contributed by atoms with van der Waals surface area (Å²) < 4.78 is 83.1. The second-order valence-corrected chi connectivity index (χ2v) is 30.6. The standard InChI is InChI=1S/C25H47F3O5SSi3/c1-22(2,3)35(10,11)21-19(31-34(29,30)25(26,27)28)16-18(32-36(12,13)23(4,5)6)17-20(21)33-37(14,15)24(7,8)9/h16-17H,1-15H3. The Labute approximate surface area is 225 Å². The maximum absolute atomic E-state index is 13.5. The van der Waals surface area contributed by atoms with Crippen molar-refractivity contribution in [1.82, 2.24) is 0 Å². The highest BCUT2D eigenvalue weighted by atomic mass is 32.2. The zero-order valence-corrected chi connectivity index (χ0v) is 29.1. The molecule has 0 saturated carbocycles. The predicted molar refractivity (Wildman–Crippen MR) is 155 cm³/mol. The summed E-state index contributed by atoms with van der Waals surface area (Å²) in [6.07, 6.45) is 0. The van der Waals surface area contributed by atoms with Crippen LogP contribution in [0.2, 0.25) is 54.4 Å². The fourth-order valence-corrected chi connectivity index (χ4v) is 7.70. The van der Waals surface area contributed by atoms with Gasteiger partial charge in [-0.3, -0.25) is 0 Å². The van der Waals surface area contributed by atoms with Crippen LogP contribution in [0.4, 0.5) is 13.2 Å². The van der Waals surface area contributed by atoms with Crippen molar-refractivity contribution < 1.29 is 34.6 Å². The molecule has 0 atom stereocenters. The molecule has 0 aliphatic carbocycles. The van der Waals surface area contributed by atoms with Gasteiger partial charge in [0.2, 0.25) is 16.6 Å². The van der Waals surface area contributed by atoms with Gasteiger partial charge in [0.05, 0.1) is 8.07 Å². The van der Waals surface area contributed by atoms with Crippen molar-refractivity contribution in [3.05, 3.63) is 12.1 Å². The topological polar surface area (TPSA) is 61.8 Å². The van der Waals surface area contributed by atoms with Gasteiger partial charge in [0.1, 0.15) is 17.2 Å². The molecule has 0 radical (unpaired) electrons. The first-order valence-corrected chi connectivity index (χ1v) is 22.7. The molecule has 37 heavy (non-hydrogen) atoms. The van der Waals surface area contributed by atoms with E-state index < -0.39 is 40.3 Å². The van der Waals surface area contributed by atoms with Crippen LogP contribution in [0.3, 0.4) is 0 Å². The third kappa shape index (κ3) is 7.36. The molecular weight excluding hydrogens is 554 g/mol. The number of hydrogen-bond acceptors (Lipinski definition) is 5. The van der Waals surface area contributed by atoms with Gasteiger partial charge in [0, 0.05) is 17.3 Å². The van der Waals surface area contributed by atoms with E-state index in [1.165, 1.54) is 6.07 Å². The first kappa shape index (κ1) is 34.0. The third-order valence-electron chi connectivity index (χ3n) is 8.37. The van der Waals surface area contributed by atoms with Gasteiger partial charge in [-0.25, -0.2) is 0 Å². The van der Waals surface area contributed by atoms with Crippen LogP contribution >= 0.6 is 0 Å². The highest BCUT2D eigenvalue weighted by molar-refractivity contribution is 7.88. The lowest BCUT2D eigenvalue weighted by molar-refractivity contribution is -0.0499. The molecule has 12 heteroatoms. The van der Waals surface area contributed by atoms with Crippen molar-refractivity contribution >= 4 is 40.0 Å². The molecule has 1 aromatic rings. The van der Waals surface area contributed by atoms with Gasteiger partial charge in [0.25, 0.3) is 0 Å². The van der Waals surface area contributed by atoms with Crippen molar-refractivity contribution in [3.63, 3.8) is 0 Å².